The molecule has 0 aliphatic carbocycles. The summed E-state index contributed by atoms with van der Waals surface area (Å²) in [6.07, 6.45) is 1.29. The van der Waals surface area contributed by atoms with E-state index in [0.29, 0.717) is 6.42 Å². The molecule has 0 spiro atoms. The molecule has 0 unspecified atom stereocenters. The van der Waals surface area contributed by atoms with Crippen LogP contribution >= 0.6 is 0 Å². The molecule has 0 bridgehead atoms. The van der Waals surface area contributed by atoms with Gasteiger partial charge in [-0.25, -0.2) is 0 Å². The van der Waals surface area contributed by atoms with Crippen LogP contribution in [-0.4, -0.2) is 32.3 Å². The average Bonchev–Trinajstić information content (AvgIpc) is 2.14. The molecule has 0 aromatic heterocycles. The Morgan fingerprint density at radius 3 is 1.59 bits per heavy atom. The highest BCUT2D eigenvalue weighted by Gasteiger charge is 2.34. The minimum Gasteiger partial charge on any atom is -0.349 e. The van der Waals surface area contributed by atoms with Gasteiger partial charge in [-0.3, -0.25) is 4.79 Å². The van der Waals surface area contributed by atoms with Crippen LogP contribution in [0.1, 0.15) is 26.7 Å². The summed E-state index contributed by atoms with van der Waals surface area (Å²) in [6.45, 7) is 17.7. The van der Waals surface area contributed by atoms with E-state index in [-0.39, 0.29) is 5.78 Å². The Morgan fingerprint density at radius 1 is 0.941 bits per heavy atom. The van der Waals surface area contributed by atoms with Gasteiger partial charge in [-0.2, -0.15) is 5.10 Å². The van der Waals surface area contributed by atoms with Crippen LogP contribution in [0.2, 0.25) is 39.3 Å². The van der Waals surface area contributed by atoms with Crippen LogP contribution in [-0.2, 0) is 4.79 Å². The summed E-state index contributed by atoms with van der Waals surface area (Å²) in [5, 5.41) is 4.73. The summed E-state index contributed by atoms with van der Waals surface area (Å²) in [5.74, 6) is 0.189. The van der Waals surface area contributed by atoms with E-state index in [1.165, 1.54) is 0 Å². The van der Waals surface area contributed by atoms with Gasteiger partial charge in [-0.05, 0) is 6.42 Å². The fourth-order valence-electron chi connectivity index (χ4n) is 1.95. The third-order valence-corrected chi connectivity index (χ3v) is 9.24. The van der Waals surface area contributed by atoms with Crippen LogP contribution in [0, 0.1) is 0 Å². The fourth-order valence-corrected chi connectivity index (χ4v) is 10.8. The molecule has 0 rings (SSSR count). The lowest BCUT2D eigenvalue weighted by Gasteiger charge is -2.41. The number of rotatable bonds is 6. The smallest absolute Gasteiger partial charge is 0.178 e. The number of nitrogens with zero attached hydrogens (tertiary/aromatic N) is 2. The van der Waals surface area contributed by atoms with Gasteiger partial charge in [-0.1, -0.05) is 53.1 Å². The maximum atomic E-state index is 11.8. The topological polar surface area (TPSA) is 32.7 Å². The molecule has 0 radical (unpaired) electrons. The first kappa shape index (κ1) is 16.6. The predicted octanol–water partition coefficient (Wildman–Crippen LogP) is 3.70. The molecule has 0 saturated carbocycles. The lowest BCUT2D eigenvalue weighted by molar-refractivity contribution is -0.112. The number of hydrazone groups is 1. The van der Waals surface area contributed by atoms with E-state index in [1.54, 1.807) is 0 Å². The van der Waals surface area contributed by atoms with Gasteiger partial charge in [0.25, 0.3) is 0 Å². The monoisotopic (exact) mass is 272 g/mol. The first-order chi connectivity index (χ1) is 7.54. The molecule has 3 nitrogen and oxygen atoms in total. The average molecular weight is 273 g/mol. The van der Waals surface area contributed by atoms with Gasteiger partial charge in [0, 0.05) is 6.42 Å². The number of carbonyl (C=O) groups is 1. The molecule has 0 N–H and O–H groups in total. The van der Waals surface area contributed by atoms with Crippen LogP contribution in [0.4, 0.5) is 0 Å². The Bertz CT molecular complexity index is 287. The lowest BCUT2D eigenvalue weighted by Crippen LogP contribution is -2.56. The molecule has 0 atom stereocenters. The van der Waals surface area contributed by atoms with E-state index in [4.69, 9.17) is 5.10 Å². The minimum absolute atomic E-state index is 0.189. The highest BCUT2D eigenvalue weighted by molar-refractivity contribution is 6.89. The van der Waals surface area contributed by atoms with Crippen molar-refractivity contribution in [3.63, 3.8) is 0 Å². The van der Waals surface area contributed by atoms with Crippen molar-refractivity contribution < 1.29 is 4.79 Å². The number of Topliss-reactive ketones (excluding diaryl/α,β-unsaturated/α-hetero) is 1. The van der Waals surface area contributed by atoms with E-state index in [1.807, 2.05) is 13.8 Å². The van der Waals surface area contributed by atoms with Gasteiger partial charge < -0.3 is 4.34 Å². The summed E-state index contributed by atoms with van der Waals surface area (Å²) >= 11 is 0. The molecule has 0 amide bonds. The molecule has 17 heavy (non-hydrogen) atoms. The molecule has 100 valence electrons. The first-order valence-electron chi connectivity index (χ1n) is 6.45. The normalized spacial score (nSPS) is 13.8. The van der Waals surface area contributed by atoms with Gasteiger partial charge in [0.05, 0.1) is 0 Å². The second-order valence-electron chi connectivity index (χ2n) is 6.33. The van der Waals surface area contributed by atoms with Gasteiger partial charge in [0.1, 0.15) is 5.71 Å². The van der Waals surface area contributed by atoms with Crippen molar-refractivity contribution >= 4 is 28.0 Å². The molecular formula is C12H28N2OSi2. The van der Waals surface area contributed by atoms with Crippen molar-refractivity contribution in [1.29, 1.82) is 0 Å². The van der Waals surface area contributed by atoms with Crippen molar-refractivity contribution in [2.24, 2.45) is 5.10 Å². The molecular weight excluding hydrogens is 244 g/mol. The van der Waals surface area contributed by atoms with Crippen molar-refractivity contribution in [1.82, 2.24) is 4.34 Å². The zero-order chi connectivity index (χ0) is 13.9. The first-order valence-corrected chi connectivity index (χ1v) is 13.3. The highest BCUT2D eigenvalue weighted by atomic mass is 28.4. The van der Waals surface area contributed by atoms with Gasteiger partial charge >= 0.3 is 0 Å². The van der Waals surface area contributed by atoms with Crippen molar-refractivity contribution in [3.05, 3.63) is 0 Å². The summed E-state index contributed by atoms with van der Waals surface area (Å²) < 4.78 is 2.31. The Hall–Kier alpha value is -0.426. The van der Waals surface area contributed by atoms with Crippen LogP contribution < -0.4 is 0 Å². The van der Waals surface area contributed by atoms with Gasteiger partial charge in [-0.15, -0.1) is 0 Å². The zero-order valence-corrected chi connectivity index (χ0v) is 14.7. The Balaban J connectivity index is 5.36. The lowest BCUT2D eigenvalue weighted by atomic mass is 10.1. The Morgan fingerprint density at radius 2 is 1.35 bits per heavy atom. The van der Waals surface area contributed by atoms with Crippen molar-refractivity contribution in [2.45, 2.75) is 66.0 Å². The summed E-state index contributed by atoms with van der Waals surface area (Å²) in [6, 6.07) is 0. The van der Waals surface area contributed by atoms with Crippen LogP contribution in [0.25, 0.3) is 0 Å². The van der Waals surface area contributed by atoms with E-state index >= 15 is 0 Å². The van der Waals surface area contributed by atoms with Crippen LogP contribution in [0.15, 0.2) is 5.10 Å². The largest absolute Gasteiger partial charge is 0.349 e. The number of carbonyl (C=O) groups excluding carboxylic acids is 1. The SMILES string of the molecule is CCC(=O)/C(CC)=N/N([Si](C)(C)C)[Si](C)(C)C. The second kappa shape index (κ2) is 5.95. The maximum absolute atomic E-state index is 11.8. The molecule has 0 aliphatic rings. The molecule has 0 aromatic carbocycles. The Kier molecular flexibility index (Phi) is 5.80. The van der Waals surface area contributed by atoms with E-state index in [2.05, 4.69) is 43.6 Å². The van der Waals surface area contributed by atoms with Crippen molar-refractivity contribution in [2.75, 3.05) is 0 Å². The molecule has 0 saturated heterocycles. The summed E-state index contributed by atoms with van der Waals surface area (Å²) in [7, 11) is -3.01. The number of hydrogen-bond acceptors (Lipinski definition) is 3. The molecule has 0 fully saturated rings. The summed E-state index contributed by atoms with van der Waals surface area (Å²) in [5.41, 5.74) is 0.748. The number of hydrogen-bond donors (Lipinski definition) is 0. The van der Waals surface area contributed by atoms with Gasteiger partial charge in [0.2, 0.25) is 0 Å². The third-order valence-electron chi connectivity index (χ3n) is 2.47. The van der Waals surface area contributed by atoms with E-state index < -0.39 is 16.5 Å². The van der Waals surface area contributed by atoms with Crippen molar-refractivity contribution in [3.8, 4) is 0 Å². The zero-order valence-electron chi connectivity index (χ0n) is 12.7. The molecule has 5 heteroatoms. The third kappa shape index (κ3) is 5.16. The second-order valence-corrected chi connectivity index (χ2v) is 16.3. The van der Waals surface area contributed by atoms with E-state index in [0.717, 1.165) is 12.1 Å². The molecule has 0 aliphatic heterocycles. The van der Waals surface area contributed by atoms with E-state index in [9.17, 15) is 4.79 Å². The van der Waals surface area contributed by atoms with Gasteiger partial charge in [0.15, 0.2) is 22.3 Å². The predicted molar refractivity (Wildman–Crippen MR) is 81.6 cm³/mol. The minimum atomic E-state index is -1.50. The summed E-state index contributed by atoms with van der Waals surface area (Å²) in [4.78, 5) is 11.8. The quantitative estimate of drug-likeness (QED) is 0.419. The molecule has 0 heterocycles. The fraction of sp³-hybridized carbons (Fsp3) is 0.833. The molecule has 0 aromatic rings. The standard InChI is InChI=1S/C12H28N2OSi2/c1-9-11(12(15)10-2)13-14(16(3,4)5)17(6,7)8/h9-10H2,1-8H3/b13-11+. The van der Waals surface area contributed by atoms with Crippen LogP contribution in [0.3, 0.4) is 0 Å². The maximum Gasteiger partial charge on any atom is 0.178 e. The Labute approximate surface area is 108 Å². The number of ketones is 1. The van der Waals surface area contributed by atoms with Crippen LogP contribution in [0.5, 0.6) is 0 Å². The highest BCUT2D eigenvalue weighted by Crippen LogP contribution is 2.20.